The van der Waals surface area contributed by atoms with Gasteiger partial charge in [-0.25, -0.2) is 0 Å². The minimum absolute atomic E-state index is 0.133. The number of anilines is 1. The zero-order valence-corrected chi connectivity index (χ0v) is 10.8. The van der Waals surface area contributed by atoms with Gasteiger partial charge in [0.15, 0.2) is 0 Å². The highest BCUT2D eigenvalue weighted by Gasteiger charge is 2.16. The van der Waals surface area contributed by atoms with Crippen molar-refractivity contribution >= 4 is 5.69 Å². The molecule has 0 fully saturated rings. The molecular formula is C16H18N2O. The lowest BCUT2D eigenvalue weighted by atomic mass is 10.0. The molecule has 1 atom stereocenters. The van der Waals surface area contributed by atoms with E-state index in [1.54, 1.807) is 0 Å². The predicted octanol–water partition coefficient (Wildman–Crippen LogP) is 2.73. The van der Waals surface area contributed by atoms with Crippen LogP contribution in [0, 0.1) is 0 Å². The monoisotopic (exact) mass is 254 g/mol. The molecule has 0 amide bonds. The minimum Gasteiger partial charge on any atom is -0.493 e. The third kappa shape index (κ3) is 2.56. The summed E-state index contributed by atoms with van der Waals surface area (Å²) in [6.45, 7) is 1.35. The van der Waals surface area contributed by atoms with Crippen LogP contribution >= 0.6 is 0 Å². The molecule has 0 saturated heterocycles. The first-order valence-electron chi connectivity index (χ1n) is 6.64. The highest BCUT2D eigenvalue weighted by molar-refractivity contribution is 5.47. The number of rotatable bonds is 4. The first kappa shape index (κ1) is 12.1. The molecule has 3 rings (SSSR count). The van der Waals surface area contributed by atoms with Gasteiger partial charge in [0.25, 0.3) is 0 Å². The molecule has 1 aliphatic rings. The molecule has 2 aromatic rings. The van der Waals surface area contributed by atoms with Crippen molar-refractivity contribution in [2.24, 2.45) is 5.73 Å². The molecule has 19 heavy (non-hydrogen) atoms. The number of hydrogen-bond donors (Lipinski definition) is 2. The fourth-order valence-electron chi connectivity index (χ4n) is 2.44. The number of hydrogen-bond acceptors (Lipinski definition) is 3. The van der Waals surface area contributed by atoms with Crippen LogP contribution in [0.4, 0.5) is 5.69 Å². The Bertz CT molecular complexity index is 554. The van der Waals surface area contributed by atoms with Gasteiger partial charge in [-0.3, -0.25) is 0 Å². The van der Waals surface area contributed by atoms with Gasteiger partial charge < -0.3 is 15.8 Å². The van der Waals surface area contributed by atoms with E-state index in [2.05, 4.69) is 29.6 Å². The van der Waals surface area contributed by atoms with Gasteiger partial charge in [-0.15, -0.1) is 0 Å². The van der Waals surface area contributed by atoms with Crippen LogP contribution in [0.15, 0.2) is 48.5 Å². The van der Waals surface area contributed by atoms with Gasteiger partial charge in [-0.1, -0.05) is 24.3 Å². The average molecular weight is 254 g/mol. The van der Waals surface area contributed by atoms with E-state index in [1.165, 1.54) is 11.1 Å². The van der Waals surface area contributed by atoms with E-state index in [9.17, 15) is 0 Å². The fourth-order valence-corrected chi connectivity index (χ4v) is 2.44. The van der Waals surface area contributed by atoms with Crippen molar-refractivity contribution in [3.63, 3.8) is 0 Å². The van der Waals surface area contributed by atoms with Crippen molar-refractivity contribution < 1.29 is 4.74 Å². The van der Waals surface area contributed by atoms with E-state index in [-0.39, 0.29) is 6.04 Å². The quantitative estimate of drug-likeness (QED) is 0.882. The maximum atomic E-state index is 5.90. The second kappa shape index (κ2) is 5.33. The Kier molecular flexibility index (Phi) is 3.38. The second-order valence-electron chi connectivity index (χ2n) is 4.76. The third-order valence-corrected chi connectivity index (χ3v) is 3.47. The lowest BCUT2D eigenvalue weighted by molar-refractivity contribution is 0.357. The number of nitrogens with one attached hydrogen (secondary N) is 1. The number of fused-ring (bicyclic) bond motifs is 1. The Balaban J connectivity index is 1.82. The Morgan fingerprint density at radius 2 is 2.00 bits per heavy atom. The zero-order chi connectivity index (χ0) is 13.1. The van der Waals surface area contributed by atoms with E-state index in [1.807, 2.05) is 24.3 Å². The normalized spacial score (nSPS) is 14.6. The lowest BCUT2D eigenvalue weighted by Gasteiger charge is -2.19. The van der Waals surface area contributed by atoms with Gasteiger partial charge in [0.2, 0.25) is 0 Å². The minimum atomic E-state index is 0.133. The Labute approximate surface area is 113 Å². The molecule has 0 saturated carbocycles. The first-order chi connectivity index (χ1) is 9.36. The lowest BCUT2D eigenvalue weighted by Crippen LogP contribution is -2.20. The van der Waals surface area contributed by atoms with Gasteiger partial charge in [0.05, 0.1) is 12.6 Å². The first-order valence-corrected chi connectivity index (χ1v) is 6.64. The van der Waals surface area contributed by atoms with E-state index in [4.69, 9.17) is 10.5 Å². The largest absolute Gasteiger partial charge is 0.493 e. The summed E-state index contributed by atoms with van der Waals surface area (Å²) in [6, 6.07) is 16.6. The molecule has 3 nitrogen and oxygen atoms in total. The second-order valence-corrected chi connectivity index (χ2v) is 4.76. The third-order valence-electron chi connectivity index (χ3n) is 3.47. The van der Waals surface area contributed by atoms with E-state index >= 15 is 0 Å². The van der Waals surface area contributed by atoms with E-state index < -0.39 is 0 Å². The standard InChI is InChI=1S/C16H18N2O/c17-11-15(18-14-4-2-1-3-5-14)12-6-7-16-13(10-12)8-9-19-16/h1-7,10,15,18H,8-9,11,17H2. The summed E-state index contributed by atoms with van der Waals surface area (Å²) < 4.78 is 5.53. The molecule has 1 unspecified atom stereocenters. The smallest absolute Gasteiger partial charge is 0.122 e. The molecule has 1 aliphatic heterocycles. The van der Waals surface area contributed by atoms with Crippen molar-refractivity contribution in [2.45, 2.75) is 12.5 Å². The number of para-hydroxylation sites is 1. The molecule has 2 aromatic carbocycles. The van der Waals surface area contributed by atoms with Crippen LogP contribution in [0.5, 0.6) is 5.75 Å². The van der Waals surface area contributed by atoms with E-state index in [0.717, 1.165) is 24.5 Å². The van der Waals surface area contributed by atoms with Crippen LogP contribution in [-0.2, 0) is 6.42 Å². The Morgan fingerprint density at radius 3 is 2.79 bits per heavy atom. The molecule has 98 valence electrons. The summed E-state index contributed by atoms with van der Waals surface area (Å²) in [4.78, 5) is 0. The summed E-state index contributed by atoms with van der Waals surface area (Å²) in [5.74, 6) is 1.01. The summed E-state index contributed by atoms with van der Waals surface area (Å²) in [6.07, 6.45) is 0.992. The van der Waals surface area contributed by atoms with Crippen molar-refractivity contribution in [3.05, 3.63) is 59.7 Å². The predicted molar refractivity (Wildman–Crippen MR) is 77.5 cm³/mol. The summed E-state index contributed by atoms with van der Waals surface area (Å²) in [5.41, 5.74) is 9.50. The maximum absolute atomic E-state index is 5.90. The molecule has 0 bridgehead atoms. The van der Waals surface area contributed by atoms with Crippen molar-refractivity contribution in [2.75, 3.05) is 18.5 Å². The SMILES string of the molecule is NCC(Nc1ccccc1)c1ccc2c(c1)CCO2. The van der Waals surface area contributed by atoms with Crippen LogP contribution in [0.3, 0.4) is 0 Å². The van der Waals surface area contributed by atoms with Crippen LogP contribution in [0.2, 0.25) is 0 Å². The Hall–Kier alpha value is -2.00. The van der Waals surface area contributed by atoms with Gasteiger partial charge in [0.1, 0.15) is 5.75 Å². The molecule has 0 radical (unpaired) electrons. The van der Waals surface area contributed by atoms with E-state index in [0.29, 0.717) is 6.54 Å². The van der Waals surface area contributed by atoms with Gasteiger partial charge in [0, 0.05) is 18.7 Å². The summed E-state index contributed by atoms with van der Waals surface area (Å²) >= 11 is 0. The topological polar surface area (TPSA) is 47.3 Å². The van der Waals surface area contributed by atoms with Crippen LogP contribution in [0.1, 0.15) is 17.2 Å². The van der Waals surface area contributed by atoms with Crippen LogP contribution < -0.4 is 15.8 Å². The van der Waals surface area contributed by atoms with Gasteiger partial charge in [-0.05, 0) is 35.4 Å². The summed E-state index contributed by atoms with van der Waals surface area (Å²) in [7, 11) is 0. The van der Waals surface area contributed by atoms with Gasteiger partial charge >= 0.3 is 0 Å². The fraction of sp³-hybridized carbons (Fsp3) is 0.250. The molecule has 3 heteroatoms. The van der Waals surface area contributed by atoms with Crippen LogP contribution in [-0.4, -0.2) is 13.2 Å². The van der Waals surface area contributed by atoms with Crippen molar-refractivity contribution in [1.29, 1.82) is 0 Å². The van der Waals surface area contributed by atoms with Gasteiger partial charge in [-0.2, -0.15) is 0 Å². The molecule has 1 heterocycles. The van der Waals surface area contributed by atoms with Crippen molar-refractivity contribution in [1.82, 2.24) is 0 Å². The average Bonchev–Trinajstić information content (AvgIpc) is 2.93. The molecular weight excluding hydrogens is 236 g/mol. The highest BCUT2D eigenvalue weighted by atomic mass is 16.5. The molecule has 3 N–H and O–H groups in total. The number of benzene rings is 2. The van der Waals surface area contributed by atoms with Crippen molar-refractivity contribution in [3.8, 4) is 5.75 Å². The number of ether oxygens (including phenoxy) is 1. The molecule has 0 aromatic heterocycles. The maximum Gasteiger partial charge on any atom is 0.122 e. The highest BCUT2D eigenvalue weighted by Crippen LogP contribution is 2.29. The molecule has 0 aliphatic carbocycles. The zero-order valence-electron chi connectivity index (χ0n) is 10.8. The number of nitrogens with two attached hydrogens (primary N) is 1. The summed E-state index contributed by atoms with van der Waals surface area (Å²) in [5, 5.41) is 3.47. The van der Waals surface area contributed by atoms with Crippen LogP contribution in [0.25, 0.3) is 0 Å². The Morgan fingerprint density at radius 1 is 1.16 bits per heavy atom. The molecule has 0 spiro atoms.